The molecule has 1 heterocycles. The van der Waals surface area contributed by atoms with E-state index in [2.05, 4.69) is 5.32 Å². The second-order valence-corrected chi connectivity index (χ2v) is 5.26. The van der Waals surface area contributed by atoms with Crippen LogP contribution in [0.2, 0.25) is 0 Å². The van der Waals surface area contributed by atoms with Crippen LogP contribution in [0.25, 0.3) is 0 Å². The molecule has 2 N–H and O–H groups in total. The molecule has 0 radical (unpaired) electrons. The molecule has 1 aliphatic rings. The molecule has 0 aliphatic carbocycles. The highest BCUT2D eigenvalue weighted by atomic mass is 16.6. The number of ether oxygens (including phenoxy) is 1. The SMILES string of the molecule is Cc1c(NCC2(C(=O)O)CCOCC2)cccc1[N+](=O)[O-]. The summed E-state index contributed by atoms with van der Waals surface area (Å²) in [4.78, 5) is 22.0. The van der Waals surface area contributed by atoms with Crippen LogP contribution in [-0.4, -0.2) is 35.8 Å². The molecule has 0 amide bonds. The molecule has 0 aromatic heterocycles. The predicted octanol–water partition coefficient (Wildman–Crippen LogP) is 2.20. The molecule has 1 saturated heterocycles. The Labute approximate surface area is 122 Å². The number of anilines is 1. The average Bonchev–Trinajstić information content (AvgIpc) is 2.46. The first-order valence-corrected chi connectivity index (χ1v) is 6.75. The first-order valence-electron chi connectivity index (χ1n) is 6.75. The number of hydrogen-bond acceptors (Lipinski definition) is 5. The summed E-state index contributed by atoms with van der Waals surface area (Å²) in [5.41, 5.74) is 0.248. The maximum atomic E-state index is 11.6. The first-order chi connectivity index (χ1) is 9.96. The van der Waals surface area contributed by atoms with Crippen molar-refractivity contribution in [2.45, 2.75) is 19.8 Å². The van der Waals surface area contributed by atoms with Gasteiger partial charge < -0.3 is 15.2 Å². The van der Waals surface area contributed by atoms with Gasteiger partial charge >= 0.3 is 5.97 Å². The number of carboxylic acids is 1. The van der Waals surface area contributed by atoms with Gasteiger partial charge in [-0.25, -0.2) is 0 Å². The minimum atomic E-state index is -0.880. The van der Waals surface area contributed by atoms with Crippen LogP contribution in [0.15, 0.2) is 18.2 Å². The Balaban J connectivity index is 2.16. The van der Waals surface area contributed by atoms with Crippen molar-refractivity contribution in [3.63, 3.8) is 0 Å². The van der Waals surface area contributed by atoms with E-state index in [0.29, 0.717) is 37.3 Å². The topological polar surface area (TPSA) is 102 Å². The van der Waals surface area contributed by atoms with E-state index in [-0.39, 0.29) is 12.2 Å². The van der Waals surface area contributed by atoms with Crippen molar-refractivity contribution < 1.29 is 19.6 Å². The molecular weight excluding hydrogens is 276 g/mol. The minimum Gasteiger partial charge on any atom is -0.481 e. The number of carbonyl (C=O) groups is 1. The summed E-state index contributed by atoms with van der Waals surface area (Å²) in [6.45, 7) is 2.72. The van der Waals surface area contributed by atoms with E-state index in [9.17, 15) is 20.0 Å². The number of nitro groups is 1. The molecule has 0 saturated carbocycles. The van der Waals surface area contributed by atoms with Crippen molar-refractivity contribution >= 4 is 17.3 Å². The van der Waals surface area contributed by atoms with E-state index in [1.54, 1.807) is 19.1 Å². The summed E-state index contributed by atoms with van der Waals surface area (Å²) in [7, 11) is 0. The van der Waals surface area contributed by atoms with Crippen molar-refractivity contribution in [2.24, 2.45) is 5.41 Å². The number of nitrogens with zero attached hydrogens (tertiary/aromatic N) is 1. The third-order valence-corrected chi connectivity index (χ3v) is 4.02. The molecule has 1 aromatic carbocycles. The molecule has 2 rings (SSSR count). The highest BCUT2D eigenvalue weighted by Gasteiger charge is 2.40. The number of carboxylic acid groups (broad SMARTS) is 1. The van der Waals surface area contributed by atoms with E-state index >= 15 is 0 Å². The van der Waals surface area contributed by atoms with Crippen LogP contribution in [0.3, 0.4) is 0 Å². The van der Waals surface area contributed by atoms with Gasteiger partial charge in [-0.15, -0.1) is 0 Å². The summed E-state index contributed by atoms with van der Waals surface area (Å²) in [6, 6.07) is 4.74. The van der Waals surface area contributed by atoms with Crippen molar-refractivity contribution in [3.8, 4) is 0 Å². The number of rotatable bonds is 5. The second kappa shape index (κ2) is 6.09. The lowest BCUT2D eigenvalue weighted by atomic mass is 9.80. The van der Waals surface area contributed by atoms with Crippen LogP contribution < -0.4 is 5.32 Å². The number of hydrogen-bond donors (Lipinski definition) is 2. The smallest absolute Gasteiger partial charge is 0.311 e. The number of nitro benzene ring substituents is 1. The molecule has 1 fully saturated rings. The molecule has 7 nitrogen and oxygen atoms in total. The molecule has 114 valence electrons. The molecule has 7 heteroatoms. The maximum absolute atomic E-state index is 11.6. The fourth-order valence-corrected chi connectivity index (χ4v) is 2.51. The Morgan fingerprint density at radius 3 is 2.71 bits per heavy atom. The van der Waals surface area contributed by atoms with E-state index < -0.39 is 16.3 Å². The molecule has 0 spiro atoms. The molecule has 0 bridgehead atoms. The quantitative estimate of drug-likeness (QED) is 0.637. The Morgan fingerprint density at radius 2 is 2.14 bits per heavy atom. The van der Waals surface area contributed by atoms with Gasteiger partial charge in [-0.05, 0) is 25.8 Å². The Morgan fingerprint density at radius 1 is 1.48 bits per heavy atom. The van der Waals surface area contributed by atoms with Crippen LogP contribution in [0, 0.1) is 22.5 Å². The second-order valence-electron chi connectivity index (χ2n) is 5.26. The van der Waals surface area contributed by atoms with E-state index in [4.69, 9.17) is 4.74 Å². The summed E-state index contributed by atoms with van der Waals surface area (Å²) in [5, 5.41) is 23.5. The summed E-state index contributed by atoms with van der Waals surface area (Å²) >= 11 is 0. The standard InChI is InChI=1S/C14H18N2O5/c1-10-11(3-2-4-12(10)16(19)20)15-9-14(13(17)18)5-7-21-8-6-14/h2-4,15H,5-9H2,1H3,(H,17,18). The van der Waals surface area contributed by atoms with Crippen molar-refractivity contribution in [2.75, 3.05) is 25.1 Å². The van der Waals surface area contributed by atoms with Gasteiger partial charge in [0.2, 0.25) is 0 Å². The van der Waals surface area contributed by atoms with E-state index in [0.717, 1.165) is 0 Å². The molecule has 21 heavy (non-hydrogen) atoms. The van der Waals surface area contributed by atoms with Gasteiger partial charge in [0.1, 0.15) is 0 Å². The molecular formula is C14H18N2O5. The monoisotopic (exact) mass is 294 g/mol. The lowest BCUT2D eigenvalue weighted by molar-refractivity contribution is -0.385. The Hall–Kier alpha value is -2.15. The summed E-state index contributed by atoms with van der Waals surface area (Å²) in [5.74, 6) is -0.860. The van der Waals surface area contributed by atoms with Crippen molar-refractivity contribution in [1.29, 1.82) is 0 Å². The highest BCUT2D eigenvalue weighted by molar-refractivity contribution is 5.76. The van der Waals surface area contributed by atoms with E-state index in [1.165, 1.54) is 6.07 Å². The van der Waals surface area contributed by atoms with Gasteiger partial charge in [0.25, 0.3) is 5.69 Å². The molecule has 0 unspecified atom stereocenters. The first kappa shape index (κ1) is 15.2. The Kier molecular flexibility index (Phi) is 4.42. The summed E-state index contributed by atoms with van der Waals surface area (Å²) < 4.78 is 5.22. The minimum absolute atomic E-state index is 0.0244. The van der Waals surface area contributed by atoms with Crippen LogP contribution in [0.4, 0.5) is 11.4 Å². The zero-order chi connectivity index (χ0) is 15.5. The highest BCUT2D eigenvalue weighted by Crippen LogP contribution is 2.32. The lowest BCUT2D eigenvalue weighted by Crippen LogP contribution is -2.42. The fraction of sp³-hybridized carbons (Fsp3) is 0.500. The molecule has 0 atom stereocenters. The van der Waals surface area contributed by atoms with Crippen molar-refractivity contribution in [3.05, 3.63) is 33.9 Å². The van der Waals surface area contributed by atoms with Gasteiger partial charge in [0.15, 0.2) is 0 Å². The fourth-order valence-electron chi connectivity index (χ4n) is 2.51. The summed E-state index contributed by atoms with van der Waals surface area (Å²) in [6.07, 6.45) is 0.868. The third-order valence-electron chi connectivity index (χ3n) is 4.02. The maximum Gasteiger partial charge on any atom is 0.311 e. The normalized spacial score (nSPS) is 17.2. The van der Waals surface area contributed by atoms with Crippen LogP contribution in [-0.2, 0) is 9.53 Å². The number of benzene rings is 1. The van der Waals surface area contributed by atoms with Gasteiger partial charge in [-0.1, -0.05) is 6.07 Å². The zero-order valence-electron chi connectivity index (χ0n) is 11.8. The average molecular weight is 294 g/mol. The molecule has 1 aliphatic heterocycles. The predicted molar refractivity (Wildman–Crippen MR) is 76.4 cm³/mol. The van der Waals surface area contributed by atoms with Gasteiger partial charge in [0, 0.05) is 37.1 Å². The zero-order valence-corrected chi connectivity index (χ0v) is 11.8. The van der Waals surface area contributed by atoms with Crippen LogP contribution in [0.1, 0.15) is 18.4 Å². The van der Waals surface area contributed by atoms with E-state index in [1.807, 2.05) is 0 Å². The number of aliphatic carboxylic acids is 1. The lowest BCUT2D eigenvalue weighted by Gasteiger charge is -2.33. The van der Waals surface area contributed by atoms with Crippen molar-refractivity contribution in [1.82, 2.24) is 0 Å². The van der Waals surface area contributed by atoms with Gasteiger partial charge in [-0.3, -0.25) is 14.9 Å². The largest absolute Gasteiger partial charge is 0.481 e. The van der Waals surface area contributed by atoms with Gasteiger partial charge in [-0.2, -0.15) is 0 Å². The number of nitrogens with one attached hydrogen (secondary N) is 1. The third kappa shape index (κ3) is 3.13. The Bertz CT molecular complexity index is 552. The molecule has 1 aromatic rings. The van der Waals surface area contributed by atoms with Gasteiger partial charge in [0.05, 0.1) is 10.3 Å². The van der Waals surface area contributed by atoms with Crippen LogP contribution >= 0.6 is 0 Å². The van der Waals surface area contributed by atoms with Crippen LogP contribution in [0.5, 0.6) is 0 Å².